The molecule has 2 aromatic rings. The number of nitriles is 1. The number of anilines is 1. The number of benzene rings is 2. The zero-order valence-electron chi connectivity index (χ0n) is 18.3. The summed E-state index contributed by atoms with van der Waals surface area (Å²) >= 11 is 0. The van der Waals surface area contributed by atoms with Gasteiger partial charge in [0.05, 0.1) is 22.1 Å². The standard InChI is InChI=1S/C22H23F3N4O3S/c1-14-4-5-15(2)20(10-14)33(31,32)29-9-8-28(13-19(29)21(30)27-3)17-7-6-16(12-26)18(11-17)22(23,24)25/h4-7,10-11,19H,8-9,13H2,1-3H3,(H,27,30). The number of sulfonamides is 1. The molecule has 1 aliphatic heterocycles. The second kappa shape index (κ2) is 9.03. The van der Waals surface area contributed by atoms with Gasteiger partial charge in [-0.15, -0.1) is 0 Å². The van der Waals surface area contributed by atoms with E-state index in [1.807, 2.05) is 0 Å². The molecule has 2 aromatic carbocycles. The number of nitrogens with zero attached hydrogens (tertiary/aromatic N) is 3. The lowest BCUT2D eigenvalue weighted by Crippen LogP contribution is -2.60. The van der Waals surface area contributed by atoms with Crippen molar-refractivity contribution >= 4 is 21.6 Å². The second-order valence-corrected chi connectivity index (χ2v) is 9.66. The van der Waals surface area contributed by atoms with Gasteiger partial charge in [-0.1, -0.05) is 12.1 Å². The van der Waals surface area contributed by atoms with Crippen LogP contribution >= 0.6 is 0 Å². The highest BCUT2D eigenvalue weighted by molar-refractivity contribution is 7.89. The third-order valence-electron chi connectivity index (χ3n) is 5.60. The van der Waals surface area contributed by atoms with Gasteiger partial charge in [0.25, 0.3) is 0 Å². The van der Waals surface area contributed by atoms with E-state index in [9.17, 15) is 26.4 Å². The SMILES string of the molecule is CNC(=O)C1CN(c2ccc(C#N)c(C(F)(F)F)c2)CCN1S(=O)(=O)c1cc(C)ccc1C. The van der Waals surface area contributed by atoms with Crippen molar-refractivity contribution in [2.75, 3.05) is 31.6 Å². The maximum absolute atomic E-state index is 13.4. The van der Waals surface area contributed by atoms with Gasteiger partial charge in [-0.2, -0.15) is 22.7 Å². The molecule has 1 saturated heterocycles. The number of hydrogen-bond donors (Lipinski definition) is 1. The molecule has 11 heteroatoms. The van der Waals surface area contributed by atoms with Crippen LogP contribution in [0.1, 0.15) is 22.3 Å². The van der Waals surface area contributed by atoms with Crippen molar-refractivity contribution in [1.29, 1.82) is 5.26 Å². The Morgan fingerprint density at radius 1 is 1.15 bits per heavy atom. The van der Waals surface area contributed by atoms with E-state index in [-0.39, 0.29) is 30.2 Å². The quantitative estimate of drug-likeness (QED) is 0.727. The van der Waals surface area contributed by atoms with Gasteiger partial charge >= 0.3 is 6.18 Å². The zero-order chi connectivity index (χ0) is 24.6. The van der Waals surface area contributed by atoms with E-state index in [4.69, 9.17) is 5.26 Å². The molecule has 0 radical (unpaired) electrons. The summed E-state index contributed by atoms with van der Waals surface area (Å²) < 4.78 is 68.2. The topological polar surface area (TPSA) is 93.5 Å². The van der Waals surface area contributed by atoms with Crippen molar-refractivity contribution in [1.82, 2.24) is 9.62 Å². The Bertz CT molecular complexity index is 1220. The van der Waals surface area contributed by atoms with Crippen molar-refractivity contribution in [3.05, 3.63) is 58.7 Å². The first-order valence-electron chi connectivity index (χ1n) is 10.1. The second-order valence-electron chi connectivity index (χ2n) is 7.80. The minimum absolute atomic E-state index is 0.0702. The highest BCUT2D eigenvalue weighted by atomic mass is 32.2. The van der Waals surface area contributed by atoms with Crippen molar-refractivity contribution in [2.24, 2.45) is 0 Å². The molecule has 0 aromatic heterocycles. The third-order valence-corrected chi connectivity index (χ3v) is 7.65. The average Bonchev–Trinajstić information content (AvgIpc) is 2.78. The first-order valence-corrected chi connectivity index (χ1v) is 11.5. The van der Waals surface area contributed by atoms with E-state index in [0.717, 1.165) is 22.0 Å². The first-order chi connectivity index (χ1) is 15.4. The minimum Gasteiger partial charge on any atom is -0.368 e. The van der Waals surface area contributed by atoms with Crippen LogP contribution in [0.5, 0.6) is 0 Å². The highest BCUT2D eigenvalue weighted by Gasteiger charge is 2.41. The number of aryl methyl sites for hydroxylation is 2. The molecule has 176 valence electrons. The lowest BCUT2D eigenvalue weighted by Gasteiger charge is -2.40. The summed E-state index contributed by atoms with van der Waals surface area (Å²) in [7, 11) is -2.68. The summed E-state index contributed by atoms with van der Waals surface area (Å²) in [6.45, 7) is 3.24. The molecule has 0 spiro atoms. The van der Waals surface area contributed by atoms with Crippen LogP contribution in [0.25, 0.3) is 0 Å². The lowest BCUT2D eigenvalue weighted by atomic mass is 10.1. The van der Waals surface area contributed by atoms with E-state index in [2.05, 4.69) is 5.32 Å². The largest absolute Gasteiger partial charge is 0.417 e. The molecule has 0 bridgehead atoms. The molecular weight excluding hydrogens is 457 g/mol. The van der Waals surface area contributed by atoms with E-state index in [0.29, 0.717) is 5.56 Å². The molecule has 1 heterocycles. The normalized spacial score (nSPS) is 17.5. The van der Waals surface area contributed by atoms with Crippen LogP contribution < -0.4 is 10.2 Å². The van der Waals surface area contributed by atoms with E-state index >= 15 is 0 Å². The zero-order valence-corrected chi connectivity index (χ0v) is 19.1. The number of nitrogens with one attached hydrogen (secondary N) is 1. The molecule has 7 nitrogen and oxygen atoms in total. The lowest BCUT2D eigenvalue weighted by molar-refractivity contribution is -0.137. The Balaban J connectivity index is 2.00. The molecule has 0 saturated carbocycles. The molecule has 33 heavy (non-hydrogen) atoms. The Labute approximate surface area is 190 Å². The smallest absolute Gasteiger partial charge is 0.368 e. The van der Waals surface area contributed by atoms with Crippen LogP contribution in [0, 0.1) is 25.2 Å². The van der Waals surface area contributed by atoms with Gasteiger partial charge in [0, 0.05) is 32.4 Å². The fraction of sp³-hybridized carbons (Fsp3) is 0.364. The number of amides is 1. The van der Waals surface area contributed by atoms with Gasteiger partial charge in [-0.3, -0.25) is 4.79 Å². The fourth-order valence-corrected chi connectivity index (χ4v) is 5.72. The van der Waals surface area contributed by atoms with Gasteiger partial charge < -0.3 is 10.2 Å². The van der Waals surface area contributed by atoms with Gasteiger partial charge in [0.15, 0.2) is 0 Å². The molecule has 1 aliphatic rings. The van der Waals surface area contributed by atoms with Gasteiger partial charge in [0.2, 0.25) is 15.9 Å². The fourth-order valence-electron chi connectivity index (χ4n) is 3.84. The maximum Gasteiger partial charge on any atom is 0.417 e. The Hall–Kier alpha value is -3.10. The highest BCUT2D eigenvalue weighted by Crippen LogP contribution is 2.35. The number of hydrogen-bond acceptors (Lipinski definition) is 5. The molecule has 3 rings (SSSR count). The minimum atomic E-state index is -4.73. The molecular formula is C22H23F3N4O3S. The number of carbonyl (C=O) groups excluding carboxylic acids is 1. The van der Waals surface area contributed by atoms with Gasteiger partial charge in [-0.25, -0.2) is 8.42 Å². The van der Waals surface area contributed by atoms with Crippen molar-refractivity contribution in [3.63, 3.8) is 0 Å². The third kappa shape index (κ3) is 4.82. The average molecular weight is 481 g/mol. The first kappa shape index (κ1) is 24.5. The number of piperazine rings is 1. The predicted octanol–water partition coefficient (Wildman–Crippen LogP) is 2.82. The molecule has 0 aliphatic carbocycles. The molecule has 1 N–H and O–H groups in total. The van der Waals surface area contributed by atoms with Gasteiger partial charge in [0.1, 0.15) is 6.04 Å². The number of halogens is 3. The molecule has 1 atom stereocenters. The number of likely N-dealkylation sites (N-methyl/N-ethyl adjacent to an activating group) is 1. The number of alkyl halides is 3. The molecule has 1 unspecified atom stereocenters. The molecule has 1 fully saturated rings. The summed E-state index contributed by atoms with van der Waals surface area (Å²) in [4.78, 5) is 14.2. The number of rotatable bonds is 4. The Morgan fingerprint density at radius 2 is 1.85 bits per heavy atom. The van der Waals surface area contributed by atoms with E-state index < -0.39 is 39.3 Å². The van der Waals surface area contributed by atoms with Crippen molar-refractivity contribution in [2.45, 2.75) is 31.0 Å². The van der Waals surface area contributed by atoms with Crippen LogP contribution in [0.2, 0.25) is 0 Å². The number of carbonyl (C=O) groups is 1. The van der Waals surface area contributed by atoms with Crippen LogP contribution in [0.4, 0.5) is 18.9 Å². The van der Waals surface area contributed by atoms with Crippen molar-refractivity contribution in [3.8, 4) is 6.07 Å². The summed E-state index contributed by atoms with van der Waals surface area (Å²) in [5.74, 6) is -0.571. The summed E-state index contributed by atoms with van der Waals surface area (Å²) in [5, 5.41) is 11.5. The maximum atomic E-state index is 13.4. The van der Waals surface area contributed by atoms with Gasteiger partial charge in [-0.05, 0) is 49.2 Å². The summed E-state index contributed by atoms with van der Waals surface area (Å²) in [6, 6.07) is 8.68. The Kier molecular flexibility index (Phi) is 6.72. The predicted molar refractivity (Wildman–Crippen MR) is 116 cm³/mol. The van der Waals surface area contributed by atoms with Crippen LogP contribution in [-0.4, -0.2) is 51.4 Å². The van der Waals surface area contributed by atoms with Crippen LogP contribution in [0.3, 0.4) is 0 Å². The van der Waals surface area contributed by atoms with E-state index in [1.54, 1.807) is 26.0 Å². The van der Waals surface area contributed by atoms with Crippen LogP contribution in [0.15, 0.2) is 41.3 Å². The Morgan fingerprint density at radius 3 is 2.45 bits per heavy atom. The summed E-state index contributed by atoms with van der Waals surface area (Å²) in [6.07, 6.45) is -4.73. The van der Waals surface area contributed by atoms with Crippen molar-refractivity contribution < 1.29 is 26.4 Å². The van der Waals surface area contributed by atoms with Crippen LogP contribution in [-0.2, 0) is 21.0 Å². The molecule has 1 amide bonds. The monoisotopic (exact) mass is 480 g/mol. The summed E-state index contributed by atoms with van der Waals surface area (Å²) in [5.41, 5.74) is -0.166. The van der Waals surface area contributed by atoms with E-state index in [1.165, 1.54) is 30.1 Å².